The number of amides is 1. The second-order valence-corrected chi connectivity index (χ2v) is 5.52. The maximum atomic E-state index is 13.4. The summed E-state index contributed by atoms with van der Waals surface area (Å²) in [6.45, 7) is 4.01. The molecule has 1 amide bonds. The van der Waals surface area contributed by atoms with Crippen LogP contribution in [0.1, 0.15) is 19.5 Å². The molecule has 0 atom stereocenters. The number of fused-ring (bicyclic) bond motifs is 1. The van der Waals surface area contributed by atoms with E-state index in [1.807, 2.05) is 13.8 Å². The van der Waals surface area contributed by atoms with Gasteiger partial charge in [0.05, 0.1) is 17.6 Å². The van der Waals surface area contributed by atoms with Gasteiger partial charge >= 0.3 is 0 Å². The van der Waals surface area contributed by atoms with Crippen molar-refractivity contribution in [3.63, 3.8) is 0 Å². The molecule has 2 rings (SSSR count). The highest BCUT2D eigenvalue weighted by atomic mass is 19.1. The minimum Gasteiger partial charge on any atom is -0.369 e. The van der Waals surface area contributed by atoms with Gasteiger partial charge in [0.2, 0.25) is 5.91 Å². The van der Waals surface area contributed by atoms with E-state index in [0.717, 1.165) is 0 Å². The molecule has 2 aromatic rings. The summed E-state index contributed by atoms with van der Waals surface area (Å²) in [5.41, 5.74) is 6.18. The number of nitrogens with two attached hydrogens (primary N) is 1. The molecule has 0 unspecified atom stereocenters. The zero-order valence-corrected chi connectivity index (χ0v) is 12.8. The maximum Gasteiger partial charge on any atom is 0.273 e. The molecule has 1 heterocycles. The van der Waals surface area contributed by atoms with Gasteiger partial charge in [-0.2, -0.15) is 0 Å². The highest BCUT2D eigenvalue weighted by Gasteiger charge is 2.17. The Morgan fingerprint density at radius 1 is 1.45 bits per heavy atom. The van der Waals surface area contributed by atoms with Crippen LogP contribution >= 0.6 is 0 Å². The van der Waals surface area contributed by atoms with Gasteiger partial charge in [0.15, 0.2) is 0 Å². The van der Waals surface area contributed by atoms with Crippen molar-refractivity contribution in [3.05, 3.63) is 40.1 Å². The average molecular weight is 306 g/mol. The second kappa shape index (κ2) is 6.23. The molecule has 118 valence electrons. The summed E-state index contributed by atoms with van der Waals surface area (Å²) in [5, 5.41) is 0. The number of carbonyl (C=O) groups is 1. The van der Waals surface area contributed by atoms with Crippen LogP contribution in [-0.2, 0) is 18.4 Å². The van der Waals surface area contributed by atoms with E-state index in [0.29, 0.717) is 11.0 Å². The fourth-order valence-electron chi connectivity index (χ4n) is 2.28. The van der Waals surface area contributed by atoms with Gasteiger partial charge in [0, 0.05) is 25.7 Å². The Morgan fingerprint density at radius 3 is 2.73 bits per heavy atom. The molecule has 0 bridgehead atoms. The van der Waals surface area contributed by atoms with Gasteiger partial charge in [-0.1, -0.05) is 0 Å². The van der Waals surface area contributed by atoms with E-state index < -0.39 is 11.7 Å². The summed E-state index contributed by atoms with van der Waals surface area (Å²) in [6.07, 6.45) is 0. The minimum atomic E-state index is -0.475. The van der Waals surface area contributed by atoms with Crippen LogP contribution in [0.5, 0.6) is 0 Å². The largest absolute Gasteiger partial charge is 0.369 e. The number of aryl methyl sites for hydroxylation is 1. The third-order valence-corrected chi connectivity index (χ3v) is 3.55. The normalized spacial score (nSPS) is 11.5. The van der Waals surface area contributed by atoms with Gasteiger partial charge in [-0.25, -0.2) is 9.37 Å². The number of halogens is 1. The van der Waals surface area contributed by atoms with Gasteiger partial charge in [0.25, 0.3) is 5.56 Å². The Morgan fingerprint density at radius 2 is 2.14 bits per heavy atom. The Bertz CT molecular complexity index is 770. The quantitative estimate of drug-likeness (QED) is 0.884. The van der Waals surface area contributed by atoms with E-state index in [1.54, 1.807) is 11.9 Å². The maximum absolute atomic E-state index is 13.4. The lowest BCUT2D eigenvalue weighted by atomic mass is 10.2. The molecule has 0 fully saturated rings. The summed E-state index contributed by atoms with van der Waals surface area (Å²) >= 11 is 0. The Labute approximate surface area is 127 Å². The smallest absolute Gasteiger partial charge is 0.273 e. The summed E-state index contributed by atoms with van der Waals surface area (Å²) in [7, 11) is 1.61. The van der Waals surface area contributed by atoms with Crippen molar-refractivity contribution < 1.29 is 9.18 Å². The van der Waals surface area contributed by atoms with Crippen LogP contribution in [0.15, 0.2) is 23.0 Å². The molecule has 6 nitrogen and oxygen atoms in total. The summed E-state index contributed by atoms with van der Waals surface area (Å²) < 4.78 is 14.8. The Kier molecular flexibility index (Phi) is 4.56. The molecular weight excluding hydrogens is 287 g/mol. The van der Waals surface area contributed by atoms with Crippen molar-refractivity contribution in [2.24, 2.45) is 12.8 Å². The number of carbonyl (C=O) groups excluding carboxylic acids is 1. The van der Waals surface area contributed by atoms with Crippen molar-refractivity contribution in [1.82, 2.24) is 14.5 Å². The topological polar surface area (TPSA) is 81.2 Å². The molecule has 0 saturated carbocycles. The molecule has 0 aliphatic carbocycles. The predicted molar refractivity (Wildman–Crippen MR) is 81.7 cm³/mol. The van der Waals surface area contributed by atoms with Crippen LogP contribution in [0.25, 0.3) is 11.0 Å². The monoisotopic (exact) mass is 306 g/mol. The number of aromatic nitrogens is 2. The lowest BCUT2D eigenvalue weighted by molar-refractivity contribution is -0.119. The first-order valence-corrected chi connectivity index (χ1v) is 6.97. The van der Waals surface area contributed by atoms with Crippen LogP contribution < -0.4 is 11.3 Å². The highest BCUT2D eigenvalue weighted by molar-refractivity contribution is 5.76. The molecule has 0 radical (unpaired) electrons. The molecule has 0 spiro atoms. The zero-order chi connectivity index (χ0) is 16.4. The molecular formula is C15H19FN4O2. The second-order valence-electron chi connectivity index (χ2n) is 5.52. The molecule has 0 aliphatic heterocycles. The highest BCUT2D eigenvalue weighted by Crippen LogP contribution is 2.13. The van der Waals surface area contributed by atoms with Gasteiger partial charge in [-0.05, 0) is 26.0 Å². The van der Waals surface area contributed by atoms with Crippen LogP contribution in [0.2, 0.25) is 0 Å². The Balaban J connectivity index is 2.48. The zero-order valence-electron chi connectivity index (χ0n) is 12.8. The van der Waals surface area contributed by atoms with Crippen molar-refractivity contribution in [1.29, 1.82) is 0 Å². The number of nitrogens with zero attached hydrogens (tertiary/aromatic N) is 3. The number of hydrogen-bond acceptors (Lipinski definition) is 4. The van der Waals surface area contributed by atoms with Crippen LogP contribution in [0.3, 0.4) is 0 Å². The van der Waals surface area contributed by atoms with Crippen molar-refractivity contribution in [2.45, 2.75) is 26.4 Å². The van der Waals surface area contributed by atoms with Gasteiger partial charge in [-0.3, -0.25) is 14.5 Å². The fraction of sp³-hybridized carbons (Fsp3) is 0.400. The van der Waals surface area contributed by atoms with Crippen molar-refractivity contribution in [3.8, 4) is 0 Å². The van der Waals surface area contributed by atoms with Gasteiger partial charge < -0.3 is 10.3 Å². The van der Waals surface area contributed by atoms with Crippen LogP contribution in [-0.4, -0.2) is 32.9 Å². The summed E-state index contributed by atoms with van der Waals surface area (Å²) in [5.74, 6) is -0.889. The third-order valence-electron chi connectivity index (χ3n) is 3.55. The first kappa shape index (κ1) is 16.1. The molecule has 0 saturated heterocycles. The van der Waals surface area contributed by atoms with E-state index in [2.05, 4.69) is 4.98 Å². The van der Waals surface area contributed by atoms with Gasteiger partial charge in [0.1, 0.15) is 11.5 Å². The predicted octanol–water partition coefficient (Wildman–Crippen LogP) is 0.768. The van der Waals surface area contributed by atoms with E-state index >= 15 is 0 Å². The Hall–Kier alpha value is -2.28. The van der Waals surface area contributed by atoms with Gasteiger partial charge in [-0.15, -0.1) is 0 Å². The number of primary amides is 1. The number of hydrogen-bond donors (Lipinski definition) is 1. The van der Waals surface area contributed by atoms with Crippen LogP contribution in [0, 0.1) is 5.82 Å². The lowest BCUT2D eigenvalue weighted by Crippen LogP contribution is -2.40. The van der Waals surface area contributed by atoms with E-state index in [1.165, 1.54) is 22.8 Å². The standard InChI is InChI=1S/C15H19FN4O2/c1-9(2)20(8-14(17)21)7-12-15(22)19(3)13-5-4-10(16)6-11(13)18-12/h4-6,9H,7-8H2,1-3H3,(H2,17,21). The minimum absolute atomic E-state index is 0.0159. The first-order valence-electron chi connectivity index (χ1n) is 6.97. The molecule has 2 N–H and O–H groups in total. The lowest BCUT2D eigenvalue weighted by Gasteiger charge is -2.24. The third kappa shape index (κ3) is 3.30. The molecule has 22 heavy (non-hydrogen) atoms. The van der Waals surface area contributed by atoms with Crippen LogP contribution in [0.4, 0.5) is 4.39 Å². The average Bonchev–Trinajstić information content (AvgIpc) is 2.42. The number of benzene rings is 1. The summed E-state index contributed by atoms with van der Waals surface area (Å²) in [4.78, 5) is 29.5. The van der Waals surface area contributed by atoms with E-state index in [9.17, 15) is 14.0 Å². The molecule has 1 aromatic heterocycles. The first-order chi connectivity index (χ1) is 10.3. The van der Waals surface area contributed by atoms with Crippen molar-refractivity contribution in [2.75, 3.05) is 6.54 Å². The SMILES string of the molecule is CC(C)N(CC(N)=O)Cc1nc2cc(F)ccc2n(C)c1=O. The van der Waals surface area contributed by atoms with Crippen molar-refractivity contribution >= 4 is 16.9 Å². The van der Waals surface area contributed by atoms with E-state index in [4.69, 9.17) is 5.73 Å². The fourth-order valence-corrected chi connectivity index (χ4v) is 2.28. The summed E-state index contributed by atoms with van der Waals surface area (Å²) in [6, 6.07) is 4.11. The molecule has 0 aliphatic rings. The number of rotatable bonds is 5. The molecule has 7 heteroatoms. The van der Waals surface area contributed by atoms with E-state index in [-0.39, 0.29) is 30.4 Å². The molecule has 1 aromatic carbocycles.